The summed E-state index contributed by atoms with van der Waals surface area (Å²) in [6.07, 6.45) is 3.59. The van der Waals surface area contributed by atoms with Crippen molar-refractivity contribution in [2.24, 2.45) is 0 Å². The van der Waals surface area contributed by atoms with Crippen LogP contribution in [-0.2, 0) is 6.54 Å². The van der Waals surface area contributed by atoms with Crippen LogP contribution in [0.2, 0.25) is 5.02 Å². The molecule has 0 amide bonds. The van der Waals surface area contributed by atoms with Gasteiger partial charge in [0.1, 0.15) is 5.75 Å². The third kappa shape index (κ3) is 4.03. The normalized spacial score (nSPS) is 12.7. The standard InChI is InChI=1S/C13H20ClNO/c1-3-4-6-10(2)15-9-11-12(14)7-5-8-13(11)16/h5,7-8,10,15-16H,3-4,6,9H2,1-2H3. The first kappa shape index (κ1) is 13.3. The fourth-order valence-electron chi connectivity index (χ4n) is 1.61. The first-order valence-electron chi connectivity index (χ1n) is 5.85. The average Bonchev–Trinajstić information content (AvgIpc) is 2.25. The smallest absolute Gasteiger partial charge is 0.121 e. The Bertz CT molecular complexity index is 307. The Kier molecular flexibility index (Phi) is 5.64. The van der Waals surface area contributed by atoms with Crippen molar-refractivity contribution >= 4 is 11.6 Å². The van der Waals surface area contributed by atoms with Gasteiger partial charge in [-0.1, -0.05) is 37.4 Å². The number of halogens is 1. The second kappa shape index (κ2) is 6.77. The first-order chi connectivity index (χ1) is 7.65. The summed E-state index contributed by atoms with van der Waals surface area (Å²) in [6.45, 7) is 4.96. The number of unbranched alkanes of at least 4 members (excludes halogenated alkanes) is 1. The Hall–Kier alpha value is -0.730. The molecule has 0 fully saturated rings. The number of phenols is 1. The van der Waals surface area contributed by atoms with Gasteiger partial charge in [0, 0.05) is 23.2 Å². The Morgan fingerprint density at radius 3 is 2.81 bits per heavy atom. The third-order valence-electron chi connectivity index (χ3n) is 2.71. The minimum Gasteiger partial charge on any atom is -0.508 e. The molecule has 0 heterocycles. The number of hydrogen-bond donors (Lipinski definition) is 2. The highest BCUT2D eigenvalue weighted by Gasteiger charge is 2.07. The van der Waals surface area contributed by atoms with E-state index in [1.807, 2.05) is 0 Å². The lowest BCUT2D eigenvalue weighted by molar-refractivity contribution is 0.452. The van der Waals surface area contributed by atoms with Crippen molar-refractivity contribution in [1.29, 1.82) is 0 Å². The van der Waals surface area contributed by atoms with Gasteiger partial charge in [0.15, 0.2) is 0 Å². The number of rotatable bonds is 6. The van der Waals surface area contributed by atoms with Crippen LogP contribution < -0.4 is 5.32 Å². The van der Waals surface area contributed by atoms with Crippen LogP contribution in [-0.4, -0.2) is 11.1 Å². The SMILES string of the molecule is CCCCC(C)NCc1c(O)cccc1Cl. The summed E-state index contributed by atoms with van der Waals surface area (Å²) in [5, 5.41) is 13.6. The van der Waals surface area contributed by atoms with Crippen molar-refractivity contribution in [3.63, 3.8) is 0 Å². The Balaban J connectivity index is 2.48. The summed E-state index contributed by atoms with van der Waals surface area (Å²) < 4.78 is 0. The quantitative estimate of drug-likeness (QED) is 0.796. The minimum absolute atomic E-state index is 0.266. The maximum absolute atomic E-state index is 9.66. The number of phenolic OH excluding ortho intramolecular Hbond substituents is 1. The topological polar surface area (TPSA) is 32.3 Å². The molecule has 1 aromatic carbocycles. The summed E-state index contributed by atoms with van der Waals surface area (Å²) >= 11 is 6.02. The molecular formula is C13H20ClNO. The second-order valence-corrected chi connectivity index (χ2v) is 4.57. The van der Waals surface area contributed by atoms with E-state index < -0.39 is 0 Å². The number of hydrogen-bond acceptors (Lipinski definition) is 2. The van der Waals surface area contributed by atoms with E-state index in [1.54, 1.807) is 18.2 Å². The molecule has 0 aliphatic heterocycles. The Morgan fingerprint density at radius 1 is 1.44 bits per heavy atom. The van der Waals surface area contributed by atoms with Crippen LogP contribution in [0.25, 0.3) is 0 Å². The lowest BCUT2D eigenvalue weighted by Gasteiger charge is -2.14. The molecule has 0 saturated carbocycles. The molecule has 2 nitrogen and oxygen atoms in total. The van der Waals surface area contributed by atoms with Crippen molar-refractivity contribution < 1.29 is 5.11 Å². The Labute approximate surface area is 103 Å². The zero-order valence-electron chi connectivity index (χ0n) is 9.96. The molecule has 16 heavy (non-hydrogen) atoms. The number of benzene rings is 1. The molecule has 1 atom stereocenters. The van der Waals surface area contributed by atoms with Gasteiger partial charge >= 0.3 is 0 Å². The molecule has 0 aliphatic carbocycles. The van der Waals surface area contributed by atoms with E-state index in [-0.39, 0.29) is 5.75 Å². The van der Waals surface area contributed by atoms with Gasteiger partial charge in [-0.05, 0) is 25.5 Å². The van der Waals surface area contributed by atoms with Crippen molar-refractivity contribution in [3.05, 3.63) is 28.8 Å². The lowest BCUT2D eigenvalue weighted by atomic mass is 10.1. The van der Waals surface area contributed by atoms with Gasteiger partial charge < -0.3 is 10.4 Å². The highest BCUT2D eigenvalue weighted by molar-refractivity contribution is 6.31. The molecule has 0 saturated heterocycles. The second-order valence-electron chi connectivity index (χ2n) is 4.16. The number of aromatic hydroxyl groups is 1. The van der Waals surface area contributed by atoms with Crippen LogP contribution in [0, 0.1) is 0 Å². The van der Waals surface area contributed by atoms with Gasteiger partial charge in [0.25, 0.3) is 0 Å². The van der Waals surface area contributed by atoms with E-state index in [2.05, 4.69) is 19.2 Å². The molecule has 2 N–H and O–H groups in total. The average molecular weight is 242 g/mol. The van der Waals surface area contributed by atoms with Crippen molar-refractivity contribution in [2.45, 2.75) is 45.7 Å². The molecule has 0 aromatic heterocycles. The molecule has 1 rings (SSSR count). The van der Waals surface area contributed by atoms with Gasteiger partial charge in [-0.25, -0.2) is 0 Å². The highest BCUT2D eigenvalue weighted by atomic mass is 35.5. The molecule has 90 valence electrons. The van der Waals surface area contributed by atoms with E-state index in [1.165, 1.54) is 12.8 Å². The van der Waals surface area contributed by atoms with E-state index in [0.29, 0.717) is 17.6 Å². The molecule has 3 heteroatoms. The molecule has 0 aliphatic rings. The predicted molar refractivity (Wildman–Crippen MR) is 68.9 cm³/mol. The third-order valence-corrected chi connectivity index (χ3v) is 3.07. The van der Waals surface area contributed by atoms with E-state index >= 15 is 0 Å². The van der Waals surface area contributed by atoms with Crippen LogP contribution in [0.15, 0.2) is 18.2 Å². The van der Waals surface area contributed by atoms with Crippen molar-refractivity contribution in [2.75, 3.05) is 0 Å². The van der Waals surface area contributed by atoms with Crippen LogP contribution in [0.3, 0.4) is 0 Å². The zero-order valence-corrected chi connectivity index (χ0v) is 10.7. The molecule has 0 spiro atoms. The summed E-state index contributed by atoms with van der Waals surface area (Å²) in [4.78, 5) is 0. The van der Waals surface area contributed by atoms with Crippen LogP contribution >= 0.6 is 11.6 Å². The van der Waals surface area contributed by atoms with Crippen LogP contribution in [0.4, 0.5) is 0 Å². The van der Waals surface area contributed by atoms with Gasteiger partial charge in [-0.15, -0.1) is 0 Å². The fourth-order valence-corrected chi connectivity index (χ4v) is 1.85. The van der Waals surface area contributed by atoms with E-state index in [9.17, 15) is 5.11 Å². The molecule has 0 radical (unpaired) electrons. The molecule has 0 bridgehead atoms. The maximum atomic E-state index is 9.66. The summed E-state index contributed by atoms with van der Waals surface area (Å²) in [7, 11) is 0. The molecule has 1 aromatic rings. The highest BCUT2D eigenvalue weighted by Crippen LogP contribution is 2.24. The summed E-state index contributed by atoms with van der Waals surface area (Å²) in [5.74, 6) is 0.266. The monoisotopic (exact) mass is 241 g/mol. The van der Waals surface area contributed by atoms with E-state index in [4.69, 9.17) is 11.6 Å². The lowest BCUT2D eigenvalue weighted by Crippen LogP contribution is -2.25. The van der Waals surface area contributed by atoms with Crippen molar-refractivity contribution in [1.82, 2.24) is 5.32 Å². The van der Waals surface area contributed by atoms with Crippen LogP contribution in [0.5, 0.6) is 5.75 Å². The molecule has 1 unspecified atom stereocenters. The fraction of sp³-hybridized carbons (Fsp3) is 0.538. The number of nitrogens with one attached hydrogen (secondary N) is 1. The Morgan fingerprint density at radius 2 is 2.19 bits per heavy atom. The molecular weight excluding hydrogens is 222 g/mol. The van der Waals surface area contributed by atoms with Crippen LogP contribution in [0.1, 0.15) is 38.7 Å². The van der Waals surface area contributed by atoms with Gasteiger partial charge in [0.2, 0.25) is 0 Å². The van der Waals surface area contributed by atoms with E-state index in [0.717, 1.165) is 12.0 Å². The predicted octanol–water partition coefficient (Wildman–Crippen LogP) is 3.71. The van der Waals surface area contributed by atoms with Gasteiger partial charge in [-0.3, -0.25) is 0 Å². The summed E-state index contributed by atoms with van der Waals surface area (Å²) in [5.41, 5.74) is 0.785. The minimum atomic E-state index is 0.266. The van der Waals surface area contributed by atoms with Gasteiger partial charge in [0.05, 0.1) is 0 Å². The zero-order chi connectivity index (χ0) is 12.0. The first-order valence-corrected chi connectivity index (χ1v) is 6.22. The van der Waals surface area contributed by atoms with Gasteiger partial charge in [-0.2, -0.15) is 0 Å². The maximum Gasteiger partial charge on any atom is 0.121 e. The summed E-state index contributed by atoms with van der Waals surface area (Å²) in [6, 6.07) is 5.67. The van der Waals surface area contributed by atoms with Crippen molar-refractivity contribution in [3.8, 4) is 5.75 Å². The largest absolute Gasteiger partial charge is 0.508 e.